The second-order valence-electron chi connectivity index (χ2n) is 4.48. The molecule has 0 N–H and O–H groups in total. The number of rotatable bonds is 1. The molecule has 1 aliphatic heterocycles. The van der Waals surface area contributed by atoms with Gasteiger partial charge in [0.2, 0.25) is 0 Å². The van der Waals surface area contributed by atoms with Crippen LogP contribution in [0.15, 0.2) is 35.1 Å². The number of fused-ring (bicyclic) bond motifs is 3. The molecule has 2 aromatic rings. The second-order valence-corrected chi connectivity index (χ2v) is 4.48. The number of ether oxygens (including phenoxy) is 1. The molecule has 0 saturated carbocycles. The zero-order chi connectivity index (χ0) is 14.3. The van der Waals surface area contributed by atoms with Crippen molar-refractivity contribution < 1.29 is 17.9 Å². The van der Waals surface area contributed by atoms with Gasteiger partial charge in [-0.15, -0.1) is 0 Å². The fourth-order valence-electron chi connectivity index (χ4n) is 2.33. The Hall–Kier alpha value is -2.24. The Labute approximate surface area is 111 Å². The summed E-state index contributed by atoms with van der Waals surface area (Å²) in [6, 6.07) is 6.44. The van der Waals surface area contributed by atoms with Crippen molar-refractivity contribution in [3.63, 3.8) is 0 Å². The first-order chi connectivity index (χ1) is 9.47. The zero-order valence-corrected chi connectivity index (χ0v) is 10.3. The molecule has 0 amide bonds. The molecule has 0 unspecified atom stereocenters. The molecule has 3 nitrogen and oxygen atoms in total. The van der Waals surface area contributed by atoms with E-state index in [1.165, 1.54) is 12.1 Å². The average molecular weight is 281 g/mol. The lowest BCUT2D eigenvalue weighted by molar-refractivity contribution is -0.140. The number of benzene rings is 1. The van der Waals surface area contributed by atoms with Crippen LogP contribution < -0.4 is 10.3 Å². The molecular formula is C14H10F3NO2. The highest BCUT2D eigenvalue weighted by atomic mass is 19.4. The van der Waals surface area contributed by atoms with Crippen molar-refractivity contribution in [1.82, 2.24) is 4.57 Å². The predicted octanol–water partition coefficient (Wildman–Crippen LogP) is 2.97. The first-order valence-electron chi connectivity index (χ1n) is 5.99. The van der Waals surface area contributed by atoms with Gasteiger partial charge in [-0.2, -0.15) is 13.2 Å². The van der Waals surface area contributed by atoms with Crippen LogP contribution in [-0.2, 0) is 6.54 Å². The van der Waals surface area contributed by atoms with E-state index >= 15 is 0 Å². The molecule has 20 heavy (non-hydrogen) atoms. The lowest BCUT2D eigenvalue weighted by Gasteiger charge is -2.19. The van der Waals surface area contributed by atoms with Gasteiger partial charge in [-0.05, 0) is 24.3 Å². The van der Waals surface area contributed by atoms with E-state index in [1.54, 1.807) is 24.3 Å². The number of hydrogen-bond donors (Lipinski definition) is 0. The van der Waals surface area contributed by atoms with Crippen LogP contribution in [0.1, 0.15) is 5.56 Å². The maximum absolute atomic E-state index is 12.7. The van der Waals surface area contributed by atoms with Crippen molar-refractivity contribution in [2.24, 2.45) is 0 Å². The van der Waals surface area contributed by atoms with E-state index in [1.807, 2.05) is 0 Å². The molecule has 0 saturated heterocycles. The van der Waals surface area contributed by atoms with Crippen molar-refractivity contribution in [3.8, 4) is 5.75 Å². The van der Waals surface area contributed by atoms with E-state index in [2.05, 4.69) is 0 Å². The van der Waals surface area contributed by atoms with Gasteiger partial charge >= 0.3 is 6.18 Å². The lowest BCUT2D eigenvalue weighted by Crippen LogP contribution is -2.30. The van der Waals surface area contributed by atoms with Gasteiger partial charge in [-0.1, -0.05) is 12.1 Å². The summed E-state index contributed by atoms with van der Waals surface area (Å²) in [5, 5.41) is 0.510. The van der Waals surface area contributed by atoms with E-state index in [0.29, 0.717) is 17.7 Å². The Bertz CT molecular complexity index is 759. The van der Waals surface area contributed by atoms with Gasteiger partial charge in [0.1, 0.15) is 18.9 Å². The van der Waals surface area contributed by atoms with Crippen molar-refractivity contribution in [3.05, 3.63) is 46.3 Å². The summed E-state index contributed by atoms with van der Waals surface area (Å²) >= 11 is 0. The third-order valence-electron chi connectivity index (χ3n) is 3.11. The smallest absolute Gasteiger partial charge is 0.406 e. The maximum atomic E-state index is 12.7. The van der Waals surface area contributed by atoms with E-state index in [9.17, 15) is 18.0 Å². The summed E-state index contributed by atoms with van der Waals surface area (Å²) in [5.41, 5.74) is -0.296. The van der Waals surface area contributed by atoms with Crippen LogP contribution in [0.3, 0.4) is 0 Å². The first kappa shape index (κ1) is 12.8. The van der Waals surface area contributed by atoms with Crippen molar-refractivity contribution in [1.29, 1.82) is 0 Å². The quantitative estimate of drug-likeness (QED) is 0.804. The minimum Gasteiger partial charge on any atom is -0.488 e. The van der Waals surface area contributed by atoms with Gasteiger partial charge in [0.25, 0.3) is 5.56 Å². The third-order valence-corrected chi connectivity index (χ3v) is 3.11. The molecule has 1 aromatic heterocycles. The molecule has 1 aromatic carbocycles. The lowest BCUT2D eigenvalue weighted by atomic mass is 10.1. The van der Waals surface area contributed by atoms with Crippen LogP contribution in [0.4, 0.5) is 13.2 Å². The highest BCUT2D eigenvalue weighted by Crippen LogP contribution is 2.31. The van der Waals surface area contributed by atoms with Gasteiger partial charge in [0.15, 0.2) is 0 Å². The zero-order valence-electron chi connectivity index (χ0n) is 10.3. The van der Waals surface area contributed by atoms with Gasteiger partial charge in [0.05, 0.1) is 11.1 Å². The van der Waals surface area contributed by atoms with Gasteiger partial charge in [0, 0.05) is 5.39 Å². The molecule has 0 aliphatic carbocycles. The summed E-state index contributed by atoms with van der Waals surface area (Å²) < 4.78 is 44.2. The SMILES string of the molecule is O=c1c2c(c3ccccc3n1CC(F)(F)F)OCC=C2. The minimum atomic E-state index is -4.46. The molecule has 2 heterocycles. The Morgan fingerprint density at radius 1 is 1.25 bits per heavy atom. The molecule has 0 atom stereocenters. The standard InChI is InChI=1S/C14H10F3NO2/c15-14(16,17)8-18-11-6-2-1-4-9(11)12-10(13(18)19)5-3-7-20-12/h1-6H,7-8H2. The Morgan fingerprint density at radius 3 is 2.75 bits per heavy atom. The number of halogens is 3. The van der Waals surface area contributed by atoms with Crippen LogP contribution in [0.2, 0.25) is 0 Å². The Morgan fingerprint density at radius 2 is 2.00 bits per heavy atom. The first-order valence-corrected chi connectivity index (χ1v) is 5.99. The topological polar surface area (TPSA) is 31.2 Å². The van der Waals surface area contributed by atoms with E-state index in [-0.39, 0.29) is 11.1 Å². The highest BCUT2D eigenvalue weighted by molar-refractivity contribution is 5.89. The van der Waals surface area contributed by atoms with Crippen molar-refractivity contribution in [2.75, 3.05) is 6.61 Å². The summed E-state index contributed by atoms with van der Waals surface area (Å²) in [6.45, 7) is -1.01. The molecule has 0 bridgehead atoms. The van der Waals surface area contributed by atoms with Crippen molar-refractivity contribution >= 4 is 17.0 Å². The number of nitrogens with zero attached hydrogens (tertiary/aromatic N) is 1. The van der Waals surface area contributed by atoms with Crippen LogP contribution in [-0.4, -0.2) is 17.4 Å². The van der Waals surface area contributed by atoms with Crippen LogP contribution in [0, 0.1) is 0 Å². The monoisotopic (exact) mass is 281 g/mol. The fraction of sp³-hybridized carbons (Fsp3) is 0.214. The molecule has 0 radical (unpaired) electrons. The number of pyridine rings is 1. The molecule has 0 spiro atoms. The van der Waals surface area contributed by atoms with Crippen LogP contribution in [0.25, 0.3) is 17.0 Å². The van der Waals surface area contributed by atoms with E-state index < -0.39 is 18.3 Å². The van der Waals surface area contributed by atoms with E-state index in [4.69, 9.17) is 4.74 Å². The van der Waals surface area contributed by atoms with Gasteiger partial charge < -0.3 is 4.74 Å². The van der Waals surface area contributed by atoms with Gasteiger partial charge in [-0.3, -0.25) is 9.36 Å². The Kier molecular flexibility index (Phi) is 2.81. The average Bonchev–Trinajstić information content (AvgIpc) is 2.42. The highest BCUT2D eigenvalue weighted by Gasteiger charge is 2.30. The predicted molar refractivity (Wildman–Crippen MR) is 68.8 cm³/mol. The number of para-hydroxylation sites is 1. The molecule has 104 valence electrons. The maximum Gasteiger partial charge on any atom is 0.406 e. The minimum absolute atomic E-state index is 0.166. The van der Waals surface area contributed by atoms with Gasteiger partial charge in [-0.25, -0.2) is 0 Å². The molecule has 3 rings (SSSR count). The third kappa shape index (κ3) is 2.07. The molecule has 6 heteroatoms. The van der Waals surface area contributed by atoms with Crippen molar-refractivity contribution in [2.45, 2.75) is 12.7 Å². The Balaban J connectivity index is 2.38. The fourth-order valence-corrected chi connectivity index (χ4v) is 2.33. The summed E-state index contributed by atoms with van der Waals surface area (Å²) in [6.07, 6.45) is -1.34. The molecule has 1 aliphatic rings. The number of alkyl halides is 3. The number of aromatic nitrogens is 1. The number of hydrogen-bond acceptors (Lipinski definition) is 2. The normalized spacial score (nSPS) is 14.2. The summed E-state index contributed by atoms with van der Waals surface area (Å²) in [4.78, 5) is 12.2. The molecule has 0 fully saturated rings. The largest absolute Gasteiger partial charge is 0.488 e. The van der Waals surface area contributed by atoms with Crippen LogP contribution in [0.5, 0.6) is 5.75 Å². The second kappa shape index (κ2) is 4.40. The summed E-state index contributed by atoms with van der Waals surface area (Å²) in [5.74, 6) is 0.353. The van der Waals surface area contributed by atoms with Crippen LogP contribution >= 0.6 is 0 Å². The van der Waals surface area contributed by atoms with E-state index in [0.717, 1.165) is 4.57 Å². The molecular weight excluding hydrogens is 271 g/mol. The summed E-state index contributed by atoms with van der Waals surface area (Å²) in [7, 11) is 0.